The first-order valence-electron chi connectivity index (χ1n) is 31.1. The molecule has 0 aliphatic rings. The van der Waals surface area contributed by atoms with Gasteiger partial charge in [-0.25, -0.2) is 0 Å². The maximum Gasteiger partial charge on any atom is 0.224 e. The highest BCUT2D eigenvalue weighted by atomic mass is 16.6. The molecule has 0 aliphatic heterocycles. The lowest BCUT2D eigenvalue weighted by Crippen LogP contribution is -2.55. The van der Waals surface area contributed by atoms with Crippen molar-refractivity contribution >= 4 is 5.91 Å². The summed E-state index contributed by atoms with van der Waals surface area (Å²) in [6.45, 7) is 2.28. The first-order chi connectivity index (χ1) is 44.1. The van der Waals surface area contributed by atoms with Gasteiger partial charge in [0.15, 0.2) is 0 Å². The van der Waals surface area contributed by atoms with Gasteiger partial charge in [0.05, 0.1) is 209 Å². The number of hydrogen-bond acceptors (Lipinski definition) is 35. The molecular weight excluding hydrogens is 1240 g/mol. The topological polar surface area (TPSA) is 542 Å². The number of rotatable bonds is 68. The van der Waals surface area contributed by atoms with Crippen LogP contribution in [0.1, 0.15) is 19.8 Å². The maximum absolute atomic E-state index is 14.0. The Morgan fingerprint density at radius 1 is 0.261 bits per heavy atom. The second-order valence-electron chi connectivity index (χ2n) is 21.2. The first kappa shape index (κ1) is 90.1. The van der Waals surface area contributed by atoms with Crippen molar-refractivity contribution in [3.05, 3.63) is 0 Å². The van der Waals surface area contributed by atoms with Gasteiger partial charge in [-0.2, -0.15) is 0 Å². The second-order valence-corrected chi connectivity index (χ2v) is 21.2. The summed E-state index contributed by atoms with van der Waals surface area (Å²) in [5.41, 5.74) is 0. The largest absolute Gasteiger partial charge is 0.394 e. The van der Waals surface area contributed by atoms with Gasteiger partial charge in [0.1, 0.15) is 73.2 Å². The van der Waals surface area contributed by atoms with E-state index in [2.05, 4.69) is 6.92 Å². The molecule has 0 spiro atoms. The van der Waals surface area contributed by atoms with Gasteiger partial charge < -0.3 is 164 Å². The molecule has 0 fully saturated rings. The van der Waals surface area contributed by atoms with Crippen molar-refractivity contribution in [2.45, 2.75) is 117 Å². The third-order valence-electron chi connectivity index (χ3n) is 13.7. The molecular formula is C56H115N3O33. The molecule has 0 saturated carbocycles. The van der Waals surface area contributed by atoms with E-state index in [0.717, 1.165) is 27.7 Å². The van der Waals surface area contributed by atoms with Crippen LogP contribution in [0.25, 0.3) is 0 Å². The van der Waals surface area contributed by atoms with Crippen molar-refractivity contribution in [1.29, 1.82) is 0 Å². The summed E-state index contributed by atoms with van der Waals surface area (Å²) in [6, 6.07) is 0. The predicted molar refractivity (Wildman–Crippen MR) is 319 cm³/mol. The number of aliphatic hydroxyl groups excluding tert-OH is 20. The van der Waals surface area contributed by atoms with Gasteiger partial charge in [0.25, 0.3) is 0 Å². The molecule has 0 aromatic rings. The van der Waals surface area contributed by atoms with E-state index in [1.807, 2.05) is 0 Å². The zero-order valence-corrected chi connectivity index (χ0v) is 53.2. The van der Waals surface area contributed by atoms with E-state index >= 15 is 0 Å². The second kappa shape index (κ2) is 59.2. The zero-order chi connectivity index (χ0) is 68.9. The number of hydrogen-bond donors (Lipinski definition) is 20. The lowest BCUT2D eigenvalue weighted by atomic mass is 10.0. The lowest BCUT2D eigenvalue weighted by molar-refractivity contribution is -0.136. The Balaban J connectivity index is 5.22. The highest BCUT2D eigenvalue weighted by Crippen LogP contribution is 2.14. The molecule has 0 unspecified atom stereocenters. The molecule has 0 aliphatic carbocycles. The molecule has 36 heteroatoms. The highest BCUT2D eigenvalue weighted by Gasteiger charge is 2.37. The molecule has 552 valence electrons. The van der Waals surface area contributed by atoms with E-state index in [4.69, 9.17) is 56.8 Å². The molecule has 92 heavy (non-hydrogen) atoms. The summed E-state index contributed by atoms with van der Waals surface area (Å²) < 4.78 is 65.8. The average molecular weight is 1360 g/mol. The summed E-state index contributed by atoms with van der Waals surface area (Å²) >= 11 is 0. The van der Waals surface area contributed by atoms with Crippen molar-refractivity contribution < 1.29 is 164 Å². The SMILES string of the molecule is CCCOCCOCCOCCOCCOCCOCCOCCOCCOCCOCCOCCOCCC(=O)N(CCN(C[C@H](O)[C@@H](O)[C@H](O)[C@H](O)CO)C[C@H](O)[C@@H](O)[C@H](O)[C@H](O)CO)CCN(C[C@H](O)[C@@H](O)[C@H](O)[C@H](O)CO)C[C@H](O)[C@@H](O)[C@H](O)[C@H](O)CO. The van der Waals surface area contributed by atoms with Gasteiger partial charge in [-0.15, -0.1) is 0 Å². The maximum atomic E-state index is 14.0. The van der Waals surface area contributed by atoms with Crippen LogP contribution >= 0.6 is 0 Å². The van der Waals surface area contributed by atoms with E-state index in [9.17, 15) is 107 Å². The van der Waals surface area contributed by atoms with Gasteiger partial charge >= 0.3 is 0 Å². The van der Waals surface area contributed by atoms with Crippen LogP contribution in [0.15, 0.2) is 0 Å². The minimum atomic E-state index is -2.14. The lowest BCUT2D eigenvalue weighted by Gasteiger charge is -2.36. The molecule has 16 atom stereocenters. The summed E-state index contributed by atoms with van der Waals surface area (Å²) in [6.07, 6.45) is -31.9. The van der Waals surface area contributed by atoms with Crippen LogP contribution in [0.2, 0.25) is 0 Å². The number of aliphatic hydroxyl groups is 20. The minimum Gasteiger partial charge on any atom is -0.394 e. The molecule has 0 radical (unpaired) electrons. The van der Waals surface area contributed by atoms with E-state index in [-0.39, 0.29) is 59.2 Å². The molecule has 0 saturated heterocycles. The monoisotopic (exact) mass is 1360 g/mol. The Morgan fingerprint density at radius 3 is 0.620 bits per heavy atom. The summed E-state index contributed by atoms with van der Waals surface area (Å²) in [5, 5.41) is 204. The predicted octanol–water partition coefficient (Wildman–Crippen LogP) is -11.8. The normalized spacial score (nSPS) is 17.6. The Bertz CT molecular complexity index is 1510. The highest BCUT2D eigenvalue weighted by molar-refractivity contribution is 5.76. The molecule has 0 aromatic carbocycles. The molecule has 20 N–H and O–H groups in total. The quantitative estimate of drug-likeness (QED) is 0.0251. The van der Waals surface area contributed by atoms with Crippen molar-refractivity contribution in [3.63, 3.8) is 0 Å². The molecule has 36 nitrogen and oxygen atoms in total. The van der Waals surface area contributed by atoms with Crippen molar-refractivity contribution in [2.24, 2.45) is 0 Å². The molecule has 1 amide bonds. The van der Waals surface area contributed by atoms with Crippen LogP contribution in [0.5, 0.6) is 0 Å². The van der Waals surface area contributed by atoms with Gasteiger partial charge in [-0.05, 0) is 6.42 Å². The zero-order valence-electron chi connectivity index (χ0n) is 53.2. The van der Waals surface area contributed by atoms with Gasteiger partial charge in [-0.1, -0.05) is 6.92 Å². The number of nitrogens with zero attached hydrogens (tertiary/aromatic N) is 3. The Morgan fingerprint density at radius 2 is 0.435 bits per heavy atom. The molecule has 0 heterocycles. The minimum absolute atomic E-state index is 0.0115. The number of amides is 1. The Kier molecular flexibility index (Phi) is 58.0. The molecule has 0 rings (SSSR count). The van der Waals surface area contributed by atoms with Crippen LogP contribution < -0.4 is 0 Å². The first-order valence-corrected chi connectivity index (χ1v) is 31.1. The third-order valence-corrected chi connectivity index (χ3v) is 13.7. The van der Waals surface area contributed by atoms with Crippen LogP contribution in [0.4, 0.5) is 0 Å². The number of carbonyl (C=O) groups is 1. The third kappa shape index (κ3) is 44.1. The fourth-order valence-corrected chi connectivity index (χ4v) is 8.13. The molecule has 0 bridgehead atoms. The van der Waals surface area contributed by atoms with Crippen LogP contribution in [-0.2, 0) is 61.6 Å². The van der Waals surface area contributed by atoms with Crippen LogP contribution in [0, 0.1) is 0 Å². The van der Waals surface area contributed by atoms with Crippen molar-refractivity contribution in [3.8, 4) is 0 Å². The van der Waals surface area contributed by atoms with Gasteiger partial charge in [0, 0.05) is 59.0 Å². The summed E-state index contributed by atoms with van der Waals surface area (Å²) in [5.74, 6) is -0.662. The Hall–Kier alpha value is -1.89. The summed E-state index contributed by atoms with van der Waals surface area (Å²) in [4.78, 5) is 17.4. The average Bonchev–Trinajstić information content (AvgIpc) is 3.04. The smallest absolute Gasteiger partial charge is 0.224 e. The fourth-order valence-electron chi connectivity index (χ4n) is 8.13. The van der Waals surface area contributed by atoms with Crippen molar-refractivity contribution in [2.75, 3.05) is 237 Å². The summed E-state index contributed by atoms with van der Waals surface area (Å²) in [7, 11) is 0. The van der Waals surface area contributed by atoms with E-state index in [0.29, 0.717) is 112 Å². The van der Waals surface area contributed by atoms with Crippen LogP contribution in [0.3, 0.4) is 0 Å². The van der Waals surface area contributed by atoms with E-state index in [1.54, 1.807) is 0 Å². The Labute approximate surface area is 537 Å². The standard InChI is InChI=1S/C56H115N3O33/c1-2-8-81-10-12-83-14-16-85-18-20-87-22-24-89-26-28-91-30-31-92-29-27-90-25-23-88-21-19-86-17-15-84-13-11-82-9-3-48(72)59(6-4-57(32-40(64)49(73)53(77)44(68)36-60)33-41(65)50(74)54(78)45(69)37-61)7-5-58(34-42(66)51(75)55(79)46(70)38-62)35-43(67)52(76)56(80)47(71)39-63/h40-47,49-56,60-71,73-80H,2-39H2,1H3/t40-,41-,42-,43-,44+,45+,46+,47+,49+,50+,51+,52+,53+,54+,55+,56+/m0/s1. The molecule has 0 aromatic heterocycles. The van der Waals surface area contributed by atoms with Crippen molar-refractivity contribution in [1.82, 2.24) is 14.7 Å². The van der Waals surface area contributed by atoms with E-state index < -0.39 is 169 Å². The number of carbonyl (C=O) groups excluding carboxylic acids is 1. The van der Waals surface area contributed by atoms with E-state index in [1.165, 1.54) is 0 Å². The number of ether oxygens (including phenoxy) is 12. The van der Waals surface area contributed by atoms with Gasteiger partial charge in [0.2, 0.25) is 5.91 Å². The fraction of sp³-hybridized carbons (Fsp3) is 0.982. The van der Waals surface area contributed by atoms with Gasteiger partial charge in [-0.3, -0.25) is 14.6 Å². The van der Waals surface area contributed by atoms with Crippen LogP contribution in [-0.4, -0.2) is 458 Å².